The maximum atomic E-state index is 4.45. The molecule has 2 nitrogen and oxygen atoms in total. The molecule has 0 amide bonds. The largest absolute Gasteiger partial charge is 0.427 e. The Bertz CT molecular complexity index is 17.1. The second-order valence-electron chi connectivity index (χ2n) is 0.642. The predicted molar refractivity (Wildman–Crippen MR) is 21.8 cm³/mol. The Kier molecular flexibility index (Phi) is 3.97. The summed E-state index contributed by atoms with van der Waals surface area (Å²) in [5, 5.41) is 2.67. The van der Waals surface area contributed by atoms with E-state index in [0.29, 0.717) is 0 Å². The van der Waals surface area contributed by atoms with Crippen molar-refractivity contribution in [1.29, 1.82) is 0 Å². The standard InChI is InChI=1S/C2H7BNO/c1-4-3-5-2/h4H,1-2H3. The van der Waals surface area contributed by atoms with Crippen LogP contribution in [0.15, 0.2) is 0 Å². The number of nitrogens with one attached hydrogen (secondary N) is 1. The highest BCUT2D eigenvalue weighted by Crippen LogP contribution is 1.42. The van der Waals surface area contributed by atoms with Crippen LogP contribution in [0.25, 0.3) is 0 Å². The topological polar surface area (TPSA) is 21.3 Å². The van der Waals surface area contributed by atoms with Crippen LogP contribution < -0.4 is 5.23 Å². The first kappa shape index (κ1) is 4.98. The quantitative estimate of drug-likeness (QED) is 0.439. The van der Waals surface area contributed by atoms with Gasteiger partial charge < -0.3 is 9.88 Å². The van der Waals surface area contributed by atoms with Crippen molar-refractivity contribution in [2.75, 3.05) is 14.2 Å². The minimum Gasteiger partial charge on any atom is -0.427 e. The molecule has 0 bridgehead atoms. The number of hydrogen-bond acceptors (Lipinski definition) is 2. The van der Waals surface area contributed by atoms with Gasteiger partial charge in [0, 0.05) is 7.11 Å². The van der Waals surface area contributed by atoms with Gasteiger partial charge in [0.1, 0.15) is 0 Å². The Balaban J connectivity index is 2.19. The van der Waals surface area contributed by atoms with E-state index < -0.39 is 0 Å². The Hall–Kier alpha value is -0.0151. The molecule has 0 atom stereocenters. The van der Waals surface area contributed by atoms with E-state index in [0.717, 1.165) is 0 Å². The van der Waals surface area contributed by atoms with E-state index in [-0.39, 0.29) is 0 Å². The monoisotopic (exact) mass is 72.1 g/mol. The molecule has 0 rings (SSSR count). The Labute approximate surface area is 32.8 Å². The SMILES string of the molecule is CN[B]OC. The van der Waals surface area contributed by atoms with E-state index in [4.69, 9.17) is 0 Å². The minimum absolute atomic E-state index is 1.50. The smallest absolute Gasteiger partial charge is 0.395 e. The van der Waals surface area contributed by atoms with Gasteiger partial charge in [0.05, 0.1) is 0 Å². The van der Waals surface area contributed by atoms with Gasteiger partial charge in [-0.05, 0) is 7.05 Å². The van der Waals surface area contributed by atoms with Crippen molar-refractivity contribution in [3.8, 4) is 0 Å². The van der Waals surface area contributed by atoms with E-state index in [9.17, 15) is 0 Å². The lowest BCUT2D eigenvalue weighted by Gasteiger charge is -1.83. The Morgan fingerprint density at radius 3 is 2.40 bits per heavy atom. The summed E-state index contributed by atoms with van der Waals surface area (Å²) >= 11 is 0. The molecule has 5 heavy (non-hydrogen) atoms. The average molecular weight is 71.9 g/mol. The van der Waals surface area contributed by atoms with Crippen LogP contribution in [0.2, 0.25) is 0 Å². The summed E-state index contributed by atoms with van der Waals surface area (Å²) in [6.07, 6.45) is 0. The summed E-state index contributed by atoms with van der Waals surface area (Å²) in [6, 6.07) is 0. The van der Waals surface area contributed by atoms with Gasteiger partial charge in [0.25, 0.3) is 0 Å². The van der Waals surface area contributed by atoms with Crippen molar-refractivity contribution < 1.29 is 4.65 Å². The highest BCUT2D eigenvalue weighted by Gasteiger charge is 1.72. The summed E-state index contributed by atoms with van der Waals surface area (Å²) in [7, 11) is 4.88. The van der Waals surface area contributed by atoms with Gasteiger partial charge in [-0.1, -0.05) is 0 Å². The van der Waals surface area contributed by atoms with Crippen LogP contribution in [-0.2, 0) is 4.65 Å². The molecule has 0 fully saturated rings. The van der Waals surface area contributed by atoms with Crippen LogP contribution >= 0.6 is 0 Å². The van der Waals surface area contributed by atoms with Crippen molar-refractivity contribution >= 4 is 7.62 Å². The third-order valence-corrected chi connectivity index (χ3v) is 0.236. The Morgan fingerprint density at radius 2 is 2.40 bits per heavy atom. The second kappa shape index (κ2) is 3.98. The van der Waals surface area contributed by atoms with Crippen molar-refractivity contribution in [3.05, 3.63) is 0 Å². The molecule has 1 radical (unpaired) electrons. The van der Waals surface area contributed by atoms with Crippen LogP contribution in [0, 0.1) is 0 Å². The summed E-state index contributed by atoms with van der Waals surface area (Å²) < 4.78 is 4.45. The zero-order chi connectivity index (χ0) is 4.12. The van der Waals surface area contributed by atoms with Gasteiger partial charge in [0.15, 0.2) is 0 Å². The van der Waals surface area contributed by atoms with Gasteiger partial charge in [-0.25, -0.2) is 0 Å². The third kappa shape index (κ3) is 3.98. The van der Waals surface area contributed by atoms with E-state index >= 15 is 0 Å². The molecule has 0 aliphatic carbocycles. The fourth-order valence-electron chi connectivity index (χ4n) is 0.118. The number of rotatable bonds is 2. The average Bonchev–Trinajstić information content (AvgIpc) is 1.41. The lowest BCUT2D eigenvalue weighted by atomic mass is 10.3. The third-order valence-electron chi connectivity index (χ3n) is 0.236. The zero-order valence-electron chi connectivity index (χ0n) is 3.49. The molecule has 1 N–H and O–H groups in total. The first-order valence-electron chi connectivity index (χ1n) is 1.43. The first-order chi connectivity index (χ1) is 2.41. The van der Waals surface area contributed by atoms with E-state index in [1.807, 2.05) is 0 Å². The van der Waals surface area contributed by atoms with Crippen LogP contribution in [0.5, 0.6) is 0 Å². The summed E-state index contributed by atoms with van der Waals surface area (Å²) in [5.74, 6) is 0. The Morgan fingerprint density at radius 1 is 1.80 bits per heavy atom. The lowest BCUT2D eigenvalue weighted by Crippen LogP contribution is -2.13. The summed E-state index contributed by atoms with van der Waals surface area (Å²) in [5.41, 5.74) is 0. The molecule has 0 aliphatic rings. The molecule has 0 aliphatic heterocycles. The van der Waals surface area contributed by atoms with E-state index in [2.05, 4.69) is 9.88 Å². The highest BCUT2D eigenvalue weighted by atomic mass is 16.4. The van der Waals surface area contributed by atoms with Crippen molar-refractivity contribution in [2.24, 2.45) is 0 Å². The molecule has 0 aromatic rings. The second-order valence-corrected chi connectivity index (χ2v) is 0.642. The molecular formula is C2H7BNO. The molecule has 0 unspecified atom stereocenters. The van der Waals surface area contributed by atoms with E-state index in [1.54, 1.807) is 14.2 Å². The molecule has 0 saturated heterocycles. The van der Waals surface area contributed by atoms with Crippen LogP contribution in [-0.4, -0.2) is 21.8 Å². The van der Waals surface area contributed by atoms with Gasteiger partial charge >= 0.3 is 7.62 Å². The fourth-order valence-corrected chi connectivity index (χ4v) is 0.118. The van der Waals surface area contributed by atoms with Crippen LogP contribution in [0.3, 0.4) is 0 Å². The molecule has 0 saturated carbocycles. The van der Waals surface area contributed by atoms with Crippen molar-refractivity contribution in [1.82, 2.24) is 5.23 Å². The molecule has 3 heteroatoms. The normalized spacial score (nSPS) is 7.60. The first-order valence-corrected chi connectivity index (χ1v) is 1.43. The minimum atomic E-state index is 1.50. The molecule has 0 heterocycles. The molecule has 0 aromatic carbocycles. The van der Waals surface area contributed by atoms with E-state index in [1.165, 1.54) is 7.62 Å². The van der Waals surface area contributed by atoms with Gasteiger partial charge in [-0.3, -0.25) is 0 Å². The lowest BCUT2D eigenvalue weighted by molar-refractivity contribution is 0.434. The summed E-state index contributed by atoms with van der Waals surface area (Å²) in [6.45, 7) is 0. The highest BCUT2D eigenvalue weighted by molar-refractivity contribution is 6.23. The van der Waals surface area contributed by atoms with Crippen LogP contribution in [0.1, 0.15) is 0 Å². The van der Waals surface area contributed by atoms with Crippen molar-refractivity contribution in [2.45, 2.75) is 0 Å². The predicted octanol–water partition coefficient (Wildman–Crippen LogP) is -0.614. The van der Waals surface area contributed by atoms with Gasteiger partial charge in [0.2, 0.25) is 0 Å². The van der Waals surface area contributed by atoms with Crippen molar-refractivity contribution in [3.63, 3.8) is 0 Å². The fraction of sp³-hybridized carbons (Fsp3) is 1.00. The molecule has 29 valence electrons. The maximum Gasteiger partial charge on any atom is 0.395 e. The maximum absolute atomic E-state index is 4.45. The molecular weight excluding hydrogens is 64.8 g/mol. The van der Waals surface area contributed by atoms with Gasteiger partial charge in [-0.2, -0.15) is 0 Å². The summed E-state index contributed by atoms with van der Waals surface area (Å²) in [4.78, 5) is 0. The number of hydrogen-bond donors (Lipinski definition) is 1. The molecule has 0 spiro atoms. The molecule has 0 aromatic heterocycles. The zero-order valence-corrected chi connectivity index (χ0v) is 3.49. The van der Waals surface area contributed by atoms with Gasteiger partial charge in [-0.15, -0.1) is 0 Å². The van der Waals surface area contributed by atoms with Crippen LogP contribution in [0.4, 0.5) is 0 Å².